The van der Waals surface area contributed by atoms with E-state index in [0.29, 0.717) is 0 Å². The molecule has 2 N–H and O–H groups in total. The maximum absolute atomic E-state index is 9.25. The highest BCUT2D eigenvalue weighted by atomic mass is 16.3. The molecule has 0 unspecified atom stereocenters. The fraction of sp³-hybridized carbons (Fsp3) is 0.412. The highest BCUT2D eigenvalue weighted by Crippen LogP contribution is 2.20. The number of benzene rings is 1. The minimum atomic E-state index is 0.0821. The van der Waals surface area contributed by atoms with Gasteiger partial charge in [-0.2, -0.15) is 0 Å². The van der Waals surface area contributed by atoms with Crippen LogP contribution in [0.3, 0.4) is 0 Å². The molecular formula is C17H23N3O. The lowest BCUT2D eigenvalue weighted by Crippen LogP contribution is -2.09. The van der Waals surface area contributed by atoms with Crippen LogP contribution in [0.4, 0.5) is 5.82 Å². The standard InChI is InChI=1S/C17H23N3O/c1-10-6-15(9-21)7-11(2)16(10)8-18-17-12(3)13(4)19-14(5)20-17/h6-7,21H,8-9H2,1-5H3,(H,18,19,20). The molecule has 0 aliphatic carbocycles. The molecule has 0 saturated carbocycles. The van der Waals surface area contributed by atoms with E-state index in [1.807, 2.05) is 32.9 Å². The van der Waals surface area contributed by atoms with Crippen LogP contribution in [-0.4, -0.2) is 15.1 Å². The van der Waals surface area contributed by atoms with Crippen molar-refractivity contribution in [2.45, 2.75) is 47.8 Å². The molecule has 0 spiro atoms. The number of aromatic nitrogens is 2. The zero-order valence-corrected chi connectivity index (χ0v) is 13.4. The number of hydrogen-bond donors (Lipinski definition) is 2. The summed E-state index contributed by atoms with van der Waals surface area (Å²) in [5.41, 5.74) is 6.68. The number of anilines is 1. The molecule has 0 aliphatic rings. The minimum Gasteiger partial charge on any atom is -0.392 e. The zero-order valence-electron chi connectivity index (χ0n) is 13.4. The summed E-state index contributed by atoms with van der Waals surface area (Å²) >= 11 is 0. The van der Waals surface area contributed by atoms with Crippen LogP contribution in [0, 0.1) is 34.6 Å². The zero-order chi connectivity index (χ0) is 15.6. The molecule has 4 nitrogen and oxygen atoms in total. The molecule has 2 rings (SSSR count). The van der Waals surface area contributed by atoms with Crippen molar-refractivity contribution in [2.24, 2.45) is 0 Å². The lowest BCUT2D eigenvalue weighted by atomic mass is 9.99. The highest BCUT2D eigenvalue weighted by molar-refractivity contribution is 5.47. The van der Waals surface area contributed by atoms with E-state index in [9.17, 15) is 5.11 Å². The first-order chi connectivity index (χ1) is 9.92. The minimum absolute atomic E-state index is 0.0821. The molecule has 0 radical (unpaired) electrons. The maximum Gasteiger partial charge on any atom is 0.133 e. The van der Waals surface area contributed by atoms with Gasteiger partial charge in [-0.25, -0.2) is 9.97 Å². The van der Waals surface area contributed by atoms with Crippen LogP contribution in [0.1, 0.15) is 39.3 Å². The lowest BCUT2D eigenvalue weighted by Gasteiger charge is -2.15. The predicted octanol–water partition coefficient (Wildman–Crippen LogP) is 3.12. The van der Waals surface area contributed by atoms with Crippen LogP contribution in [0.2, 0.25) is 0 Å². The highest BCUT2D eigenvalue weighted by Gasteiger charge is 2.08. The van der Waals surface area contributed by atoms with Crippen molar-refractivity contribution in [3.63, 3.8) is 0 Å². The number of aliphatic hydroxyl groups excluding tert-OH is 1. The van der Waals surface area contributed by atoms with E-state index < -0.39 is 0 Å². The van der Waals surface area contributed by atoms with Crippen molar-refractivity contribution in [2.75, 3.05) is 5.32 Å². The van der Waals surface area contributed by atoms with Crippen molar-refractivity contribution in [3.8, 4) is 0 Å². The van der Waals surface area contributed by atoms with Gasteiger partial charge < -0.3 is 10.4 Å². The Balaban J connectivity index is 2.25. The summed E-state index contributed by atoms with van der Waals surface area (Å²) < 4.78 is 0. The normalized spacial score (nSPS) is 10.8. The second-order valence-electron chi connectivity index (χ2n) is 5.55. The van der Waals surface area contributed by atoms with E-state index in [0.717, 1.165) is 35.0 Å². The number of hydrogen-bond acceptors (Lipinski definition) is 4. The smallest absolute Gasteiger partial charge is 0.133 e. The van der Waals surface area contributed by atoms with Gasteiger partial charge in [0.25, 0.3) is 0 Å². The third-order valence-corrected chi connectivity index (χ3v) is 3.87. The molecule has 0 fully saturated rings. The molecule has 21 heavy (non-hydrogen) atoms. The van der Waals surface area contributed by atoms with Crippen LogP contribution in [0.5, 0.6) is 0 Å². The molecule has 2 aromatic rings. The number of aryl methyl sites for hydroxylation is 4. The quantitative estimate of drug-likeness (QED) is 0.906. The van der Waals surface area contributed by atoms with Gasteiger partial charge in [-0.1, -0.05) is 12.1 Å². The van der Waals surface area contributed by atoms with E-state index in [1.54, 1.807) is 0 Å². The van der Waals surface area contributed by atoms with Gasteiger partial charge in [0.15, 0.2) is 0 Å². The summed E-state index contributed by atoms with van der Waals surface area (Å²) in [4.78, 5) is 8.85. The molecule has 1 aromatic heterocycles. The van der Waals surface area contributed by atoms with Crippen molar-refractivity contribution >= 4 is 5.82 Å². The number of aliphatic hydroxyl groups is 1. The molecule has 0 aliphatic heterocycles. The van der Waals surface area contributed by atoms with Gasteiger partial charge >= 0.3 is 0 Å². The first-order valence-corrected chi connectivity index (χ1v) is 7.18. The first-order valence-electron chi connectivity index (χ1n) is 7.18. The van der Waals surface area contributed by atoms with Gasteiger partial charge in [0.05, 0.1) is 6.61 Å². The number of nitrogens with zero attached hydrogens (tertiary/aromatic N) is 2. The SMILES string of the molecule is Cc1nc(C)c(C)c(NCc2c(C)cc(CO)cc2C)n1. The van der Waals surface area contributed by atoms with Crippen LogP contribution in [0.15, 0.2) is 12.1 Å². The summed E-state index contributed by atoms with van der Waals surface area (Å²) in [6, 6.07) is 4.07. The molecule has 4 heteroatoms. The summed E-state index contributed by atoms with van der Waals surface area (Å²) in [6.45, 7) is 10.9. The Morgan fingerprint density at radius 1 is 1.00 bits per heavy atom. The lowest BCUT2D eigenvalue weighted by molar-refractivity contribution is 0.281. The predicted molar refractivity (Wildman–Crippen MR) is 85.4 cm³/mol. The summed E-state index contributed by atoms with van der Waals surface area (Å²) in [7, 11) is 0. The van der Waals surface area contributed by atoms with E-state index in [4.69, 9.17) is 0 Å². The van der Waals surface area contributed by atoms with Gasteiger partial charge in [0, 0.05) is 17.8 Å². The average Bonchev–Trinajstić information content (AvgIpc) is 2.42. The molecule has 112 valence electrons. The molecule has 0 amide bonds. The van der Waals surface area contributed by atoms with Gasteiger partial charge in [0.1, 0.15) is 11.6 Å². The third-order valence-electron chi connectivity index (χ3n) is 3.87. The summed E-state index contributed by atoms with van der Waals surface area (Å²) in [5.74, 6) is 1.68. The third kappa shape index (κ3) is 3.39. The Bertz CT molecular complexity index is 642. The Morgan fingerprint density at radius 3 is 2.19 bits per heavy atom. The Kier molecular flexibility index (Phi) is 4.58. The largest absolute Gasteiger partial charge is 0.392 e. The van der Waals surface area contributed by atoms with Crippen molar-refractivity contribution in [1.82, 2.24) is 9.97 Å². The maximum atomic E-state index is 9.25. The summed E-state index contributed by atoms with van der Waals surface area (Å²) in [6.07, 6.45) is 0. The van der Waals surface area contributed by atoms with Crippen LogP contribution < -0.4 is 5.32 Å². The fourth-order valence-corrected chi connectivity index (χ4v) is 2.57. The monoisotopic (exact) mass is 285 g/mol. The fourth-order valence-electron chi connectivity index (χ4n) is 2.57. The van der Waals surface area contributed by atoms with Crippen molar-refractivity contribution < 1.29 is 5.11 Å². The molecular weight excluding hydrogens is 262 g/mol. The van der Waals surface area contributed by atoms with Crippen LogP contribution in [0.25, 0.3) is 0 Å². The van der Waals surface area contributed by atoms with Gasteiger partial charge in [-0.15, -0.1) is 0 Å². The molecule has 1 heterocycles. The van der Waals surface area contributed by atoms with Gasteiger partial charge in [-0.3, -0.25) is 0 Å². The van der Waals surface area contributed by atoms with Crippen LogP contribution >= 0.6 is 0 Å². The average molecular weight is 285 g/mol. The topological polar surface area (TPSA) is 58.0 Å². The Hall–Kier alpha value is -1.94. The van der Waals surface area contributed by atoms with E-state index >= 15 is 0 Å². The van der Waals surface area contributed by atoms with E-state index in [2.05, 4.69) is 29.1 Å². The van der Waals surface area contributed by atoms with Gasteiger partial charge in [0.2, 0.25) is 0 Å². The molecule has 0 atom stereocenters. The van der Waals surface area contributed by atoms with Crippen LogP contribution in [-0.2, 0) is 13.2 Å². The molecule has 1 aromatic carbocycles. The van der Waals surface area contributed by atoms with Crippen molar-refractivity contribution in [1.29, 1.82) is 0 Å². The van der Waals surface area contributed by atoms with E-state index in [1.165, 1.54) is 16.7 Å². The van der Waals surface area contributed by atoms with Gasteiger partial charge in [-0.05, 0) is 56.9 Å². The van der Waals surface area contributed by atoms with Crippen molar-refractivity contribution in [3.05, 3.63) is 51.5 Å². The Labute approximate surface area is 126 Å². The van der Waals surface area contributed by atoms with E-state index in [-0.39, 0.29) is 6.61 Å². The molecule has 0 bridgehead atoms. The second-order valence-corrected chi connectivity index (χ2v) is 5.55. The second kappa shape index (κ2) is 6.22. The Morgan fingerprint density at radius 2 is 1.62 bits per heavy atom. The summed E-state index contributed by atoms with van der Waals surface area (Å²) in [5, 5.41) is 12.7. The number of nitrogens with one attached hydrogen (secondary N) is 1. The number of rotatable bonds is 4. The molecule has 0 saturated heterocycles. The first kappa shape index (κ1) is 15.4.